The second-order valence-electron chi connectivity index (χ2n) is 5.64. The number of ether oxygens (including phenoxy) is 3. The van der Waals surface area contributed by atoms with Gasteiger partial charge in [-0.15, -0.1) is 0 Å². The van der Waals surface area contributed by atoms with Gasteiger partial charge in [0.15, 0.2) is 5.79 Å². The van der Waals surface area contributed by atoms with Gasteiger partial charge in [-0.2, -0.15) is 0 Å². The Morgan fingerprint density at radius 1 is 0.917 bits per heavy atom. The van der Waals surface area contributed by atoms with Gasteiger partial charge in [0.2, 0.25) is 0 Å². The normalized spacial score (nSPS) is 19.8. The van der Waals surface area contributed by atoms with Crippen LogP contribution in [-0.2, 0) is 27.4 Å². The van der Waals surface area contributed by atoms with Crippen LogP contribution in [0.4, 0.5) is 0 Å². The van der Waals surface area contributed by atoms with Crippen LogP contribution >= 0.6 is 0 Å². The van der Waals surface area contributed by atoms with E-state index in [4.69, 9.17) is 14.2 Å². The topological polar surface area (TPSA) is 27.7 Å². The molecule has 0 N–H and O–H groups in total. The summed E-state index contributed by atoms with van der Waals surface area (Å²) in [5.74, 6) is -0.128. The van der Waals surface area contributed by atoms with Crippen molar-refractivity contribution in [3.63, 3.8) is 0 Å². The second-order valence-corrected chi connectivity index (χ2v) is 5.64. The molecule has 0 amide bonds. The minimum Gasteiger partial charge on any atom is -0.489 e. The van der Waals surface area contributed by atoms with E-state index in [2.05, 4.69) is 6.08 Å². The van der Waals surface area contributed by atoms with Crippen LogP contribution < -0.4 is 0 Å². The summed E-state index contributed by atoms with van der Waals surface area (Å²) in [7, 11) is 1.64. The Kier molecular flexibility index (Phi) is 5.47. The molecular formula is C21H21O3. The third kappa shape index (κ3) is 4.34. The van der Waals surface area contributed by atoms with Gasteiger partial charge in [-0.25, -0.2) is 0 Å². The smallest absolute Gasteiger partial charge is 0.195 e. The van der Waals surface area contributed by atoms with Gasteiger partial charge in [0.05, 0.1) is 6.61 Å². The average Bonchev–Trinajstić information content (AvgIpc) is 2.67. The molecule has 0 fully saturated rings. The third-order valence-electron chi connectivity index (χ3n) is 3.87. The number of rotatable bonds is 7. The van der Waals surface area contributed by atoms with E-state index in [1.807, 2.05) is 72.8 Å². The van der Waals surface area contributed by atoms with E-state index in [0.717, 1.165) is 11.1 Å². The zero-order chi connectivity index (χ0) is 16.7. The maximum atomic E-state index is 6.03. The summed E-state index contributed by atoms with van der Waals surface area (Å²) >= 11 is 0. The molecule has 3 rings (SSSR count). The molecule has 1 aliphatic carbocycles. The number of allylic oxidation sites excluding steroid dienone is 1. The lowest BCUT2D eigenvalue weighted by molar-refractivity contribution is -0.196. The highest BCUT2D eigenvalue weighted by Crippen LogP contribution is 2.28. The van der Waals surface area contributed by atoms with Crippen molar-refractivity contribution in [2.75, 3.05) is 7.11 Å². The highest BCUT2D eigenvalue weighted by atomic mass is 16.7. The van der Waals surface area contributed by atoms with E-state index in [9.17, 15) is 0 Å². The molecule has 3 heteroatoms. The Balaban J connectivity index is 1.64. The Bertz CT molecular complexity index is 692. The first kappa shape index (κ1) is 16.5. The first-order valence-electron chi connectivity index (χ1n) is 7.99. The molecule has 1 aliphatic rings. The molecule has 0 spiro atoms. The van der Waals surface area contributed by atoms with Crippen LogP contribution in [0.2, 0.25) is 0 Å². The van der Waals surface area contributed by atoms with Crippen molar-refractivity contribution in [2.45, 2.75) is 25.4 Å². The van der Waals surface area contributed by atoms with Crippen LogP contribution in [0.1, 0.15) is 17.5 Å². The van der Waals surface area contributed by atoms with Crippen LogP contribution in [0.15, 0.2) is 78.6 Å². The van der Waals surface area contributed by atoms with Crippen molar-refractivity contribution >= 4 is 0 Å². The number of methoxy groups -OCH3 is 1. The summed E-state index contributed by atoms with van der Waals surface area (Å²) < 4.78 is 17.5. The minimum atomic E-state index is -0.837. The highest BCUT2D eigenvalue weighted by Gasteiger charge is 2.30. The molecular weight excluding hydrogens is 300 g/mol. The molecule has 2 aromatic rings. The maximum Gasteiger partial charge on any atom is 0.195 e. The van der Waals surface area contributed by atoms with Gasteiger partial charge < -0.3 is 14.2 Å². The number of benzene rings is 2. The summed E-state index contributed by atoms with van der Waals surface area (Å²) in [6, 6.07) is 20.1. The van der Waals surface area contributed by atoms with Gasteiger partial charge in [-0.3, -0.25) is 0 Å². The monoisotopic (exact) mass is 321 g/mol. The zero-order valence-electron chi connectivity index (χ0n) is 13.8. The summed E-state index contributed by atoms with van der Waals surface area (Å²) in [5, 5.41) is 0. The van der Waals surface area contributed by atoms with Gasteiger partial charge in [0.1, 0.15) is 12.4 Å². The third-order valence-corrected chi connectivity index (χ3v) is 3.87. The van der Waals surface area contributed by atoms with Crippen molar-refractivity contribution in [1.82, 2.24) is 0 Å². The van der Waals surface area contributed by atoms with Crippen LogP contribution in [0, 0.1) is 6.08 Å². The molecule has 1 unspecified atom stereocenters. The van der Waals surface area contributed by atoms with Crippen LogP contribution in [-0.4, -0.2) is 12.9 Å². The predicted molar refractivity (Wildman–Crippen MR) is 92.7 cm³/mol. The summed E-state index contributed by atoms with van der Waals surface area (Å²) in [5.41, 5.74) is 2.22. The lowest BCUT2D eigenvalue weighted by atomic mass is 10.1. The van der Waals surface area contributed by atoms with E-state index >= 15 is 0 Å². The van der Waals surface area contributed by atoms with E-state index in [-0.39, 0.29) is 0 Å². The van der Waals surface area contributed by atoms with Gasteiger partial charge >= 0.3 is 0 Å². The molecule has 24 heavy (non-hydrogen) atoms. The Hall–Kier alpha value is -2.36. The van der Waals surface area contributed by atoms with Gasteiger partial charge in [-0.05, 0) is 23.3 Å². The fourth-order valence-electron chi connectivity index (χ4n) is 2.49. The zero-order valence-corrected chi connectivity index (χ0v) is 13.8. The maximum absolute atomic E-state index is 6.03. The molecule has 0 saturated carbocycles. The molecule has 0 saturated heterocycles. The molecule has 123 valence electrons. The minimum absolute atomic E-state index is 0.471. The summed E-state index contributed by atoms with van der Waals surface area (Å²) in [4.78, 5) is 0. The van der Waals surface area contributed by atoms with Crippen molar-refractivity contribution in [1.29, 1.82) is 0 Å². The van der Waals surface area contributed by atoms with Crippen molar-refractivity contribution in [3.8, 4) is 0 Å². The fraction of sp³-hybridized carbons (Fsp3) is 0.238. The standard InChI is InChI=1S/C21H21O3/c1-22-21(24-17-19-11-6-3-7-12-19)14-8-13-20(15-21)23-16-18-9-4-2-5-10-18/h2-7,9-13,15H,14,16-17H2,1H3. The second kappa shape index (κ2) is 7.95. The lowest BCUT2D eigenvalue weighted by Gasteiger charge is -2.31. The molecule has 0 aromatic heterocycles. The van der Waals surface area contributed by atoms with Gasteiger partial charge in [-0.1, -0.05) is 60.7 Å². The van der Waals surface area contributed by atoms with E-state index in [1.165, 1.54) is 0 Å². The summed E-state index contributed by atoms with van der Waals surface area (Å²) in [6.45, 7) is 0.974. The van der Waals surface area contributed by atoms with Crippen molar-refractivity contribution < 1.29 is 14.2 Å². The average molecular weight is 321 g/mol. The predicted octanol–water partition coefficient (Wildman–Crippen LogP) is 4.41. The van der Waals surface area contributed by atoms with Crippen molar-refractivity contribution in [2.24, 2.45) is 0 Å². The number of hydrogen-bond acceptors (Lipinski definition) is 3. The first-order valence-corrected chi connectivity index (χ1v) is 7.99. The molecule has 3 nitrogen and oxygen atoms in total. The molecule has 2 aromatic carbocycles. The van der Waals surface area contributed by atoms with Crippen LogP contribution in [0.25, 0.3) is 0 Å². The first-order chi connectivity index (χ1) is 11.8. The van der Waals surface area contributed by atoms with Crippen LogP contribution in [0.3, 0.4) is 0 Å². The van der Waals surface area contributed by atoms with E-state index in [0.29, 0.717) is 25.4 Å². The molecule has 0 bridgehead atoms. The van der Waals surface area contributed by atoms with Crippen molar-refractivity contribution in [3.05, 3.63) is 95.8 Å². The molecule has 0 aliphatic heterocycles. The molecule has 1 radical (unpaired) electrons. The molecule has 1 atom stereocenters. The summed E-state index contributed by atoms with van der Waals surface area (Å²) in [6.07, 6.45) is 7.44. The lowest BCUT2D eigenvalue weighted by Crippen LogP contribution is -2.34. The SMILES string of the molecule is COC1(OCc2ccccc2)C=C(OCc2ccccc2)C=[C]C1. The van der Waals surface area contributed by atoms with Gasteiger partial charge in [0, 0.05) is 19.6 Å². The quantitative estimate of drug-likeness (QED) is 0.707. The largest absolute Gasteiger partial charge is 0.489 e. The molecule has 0 heterocycles. The van der Waals surface area contributed by atoms with E-state index in [1.54, 1.807) is 7.11 Å². The Morgan fingerprint density at radius 2 is 1.54 bits per heavy atom. The van der Waals surface area contributed by atoms with E-state index < -0.39 is 5.79 Å². The number of hydrogen-bond donors (Lipinski definition) is 0. The Morgan fingerprint density at radius 3 is 2.17 bits per heavy atom. The highest BCUT2D eigenvalue weighted by molar-refractivity contribution is 5.21. The Labute approximate surface area is 143 Å². The van der Waals surface area contributed by atoms with Gasteiger partial charge in [0.25, 0.3) is 0 Å². The fourth-order valence-corrected chi connectivity index (χ4v) is 2.49. The van der Waals surface area contributed by atoms with Crippen LogP contribution in [0.5, 0.6) is 0 Å².